The Morgan fingerprint density at radius 2 is 1.69 bits per heavy atom. The van der Waals surface area contributed by atoms with E-state index in [1.807, 2.05) is 0 Å². The zero-order valence-corrected chi connectivity index (χ0v) is 9.70. The van der Waals surface area contributed by atoms with E-state index in [1.54, 1.807) is 6.07 Å². The number of hydrogen-bond donors (Lipinski definition) is 1. The van der Waals surface area contributed by atoms with Crippen molar-refractivity contribution in [3.63, 3.8) is 0 Å². The Labute approximate surface area is 109 Å². The third kappa shape index (κ3) is 4.37. The van der Waals surface area contributed by atoms with Crippen LogP contribution >= 0.6 is 0 Å². The first-order valence-electron chi connectivity index (χ1n) is 2.80. The van der Waals surface area contributed by atoms with Gasteiger partial charge in [-0.25, -0.2) is 5.26 Å². The van der Waals surface area contributed by atoms with E-state index in [4.69, 9.17) is 5.26 Å². The van der Waals surface area contributed by atoms with Crippen molar-refractivity contribution in [1.82, 2.24) is 0 Å². The molecule has 0 heterocycles. The van der Waals surface area contributed by atoms with Crippen molar-refractivity contribution in [2.24, 2.45) is 0 Å². The van der Waals surface area contributed by atoms with Crippen molar-refractivity contribution >= 4 is 47.9 Å². The zero-order chi connectivity index (χ0) is 8.32. The average molecular weight is 234 g/mol. The largest absolute Gasteiger partial charge is 2.00 e. The monoisotopic (exact) mass is 234 g/mol. The van der Waals surface area contributed by atoms with Crippen molar-refractivity contribution in [1.29, 1.82) is 0 Å². The molecule has 0 fully saturated rings. The first kappa shape index (κ1) is 15.8. The van der Waals surface area contributed by atoms with Crippen LogP contribution in [0.3, 0.4) is 0 Å². The molecule has 1 aromatic rings. The van der Waals surface area contributed by atoms with E-state index < -0.39 is 10.1 Å². The van der Waals surface area contributed by atoms with Crippen molar-refractivity contribution in [2.75, 3.05) is 0 Å². The van der Waals surface area contributed by atoms with Gasteiger partial charge >= 0.3 is 47.9 Å². The second kappa shape index (κ2) is 6.72. The van der Waals surface area contributed by atoms with Crippen LogP contribution in [-0.4, -0.2) is 56.9 Å². The van der Waals surface area contributed by atoms with E-state index in [2.05, 4.69) is 4.33 Å². The summed E-state index contributed by atoms with van der Waals surface area (Å²) in [6.07, 6.45) is 0. The van der Waals surface area contributed by atoms with Gasteiger partial charge in [-0.2, -0.15) is 8.42 Å². The molecule has 0 aliphatic carbocycles. The molecule has 0 atom stereocenters. The maximum absolute atomic E-state index is 10.7. The van der Waals surface area contributed by atoms with Gasteiger partial charge in [-0.15, -0.1) is 4.33 Å². The van der Waals surface area contributed by atoms with Gasteiger partial charge in [0.1, 0.15) is 0 Å². The van der Waals surface area contributed by atoms with Crippen LogP contribution in [0.5, 0.6) is 0 Å². The smallest absolute Gasteiger partial charge is 1.00 e. The molecule has 0 bridgehead atoms. The minimum absolute atomic E-state index is 0. The topological polar surface area (TPSA) is 95.1 Å². The van der Waals surface area contributed by atoms with Crippen LogP contribution in [0.2, 0.25) is 0 Å². The quantitative estimate of drug-likeness (QED) is 0.438. The number of benzene rings is 1. The van der Waals surface area contributed by atoms with Gasteiger partial charge in [0, 0.05) is 0 Å². The van der Waals surface area contributed by atoms with Crippen molar-refractivity contribution in [3.05, 3.63) is 30.3 Å². The molecule has 0 aliphatic heterocycles. The van der Waals surface area contributed by atoms with E-state index >= 15 is 0 Å². The summed E-state index contributed by atoms with van der Waals surface area (Å²) in [5.41, 5.74) is 0. The van der Waals surface area contributed by atoms with Gasteiger partial charge in [0.15, 0.2) is 0 Å². The molecular weight excluding hydrogens is 224 g/mol. The summed E-state index contributed by atoms with van der Waals surface area (Å²) in [5.74, 6) is 0. The predicted molar refractivity (Wildman–Crippen MR) is 48.9 cm³/mol. The number of rotatable bonds is 2. The Hall–Kier alpha value is 0.310. The van der Waals surface area contributed by atoms with Crippen LogP contribution in [0.15, 0.2) is 35.2 Å². The molecule has 0 saturated heterocycles. The normalized spacial score (nSPS) is 9.62. The van der Waals surface area contributed by atoms with E-state index in [9.17, 15) is 8.42 Å². The Morgan fingerprint density at radius 3 is 2.08 bits per heavy atom. The summed E-state index contributed by atoms with van der Waals surface area (Å²) in [4.78, 5) is -0.0671. The summed E-state index contributed by atoms with van der Waals surface area (Å²) in [6, 6.07) is 7.38. The minimum atomic E-state index is -3.94. The van der Waals surface area contributed by atoms with Gasteiger partial charge in [-0.3, -0.25) is 0 Å². The van der Waals surface area contributed by atoms with Gasteiger partial charge < -0.3 is 8.33 Å². The van der Waals surface area contributed by atoms with Crippen LogP contribution in [0, 0.1) is 0 Å². The molecule has 0 spiro atoms. The maximum atomic E-state index is 10.7. The fourth-order valence-electron chi connectivity index (χ4n) is 0.630. The van der Waals surface area contributed by atoms with E-state index in [0.717, 1.165) is 0 Å². The third-order valence-electron chi connectivity index (χ3n) is 1.13. The molecule has 7 heteroatoms. The summed E-state index contributed by atoms with van der Waals surface area (Å²) < 4.78 is 24.8. The second-order valence-corrected chi connectivity index (χ2v) is 3.37. The summed E-state index contributed by atoms with van der Waals surface area (Å²) in [7, 11) is -3.94. The standard InChI is InChI=1S/C6H6O4S.Ca.H2O.2H/c7-10-11(8,9)6-4-2-1-3-5-6;;;;/h1-5,7H;;1H2;;/q;+2;;2*-1. The molecule has 1 aromatic carbocycles. The molecule has 13 heavy (non-hydrogen) atoms. The number of hydrogen-bond acceptors (Lipinski definition) is 4. The van der Waals surface area contributed by atoms with Crippen LogP contribution in [-0.2, 0) is 14.5 Å². The molecule has 0 aliphatic rings. The molecular formula is C6H10CaO5S. The first-order valence-corrected chi connectivity index (χ1v) is 4.21. The van der Waals surface area contributed by atoms with Crippen LogP contribution in [0.4, 0.5) is 0 Å². The SMILES string of the molecule is O.O=S(=O)(OO)c1ccccc1.[Ca+2].[H-].[H-]. The van der Waals surface area contributed by atoms with Crippen molar-refractivity contribution in [2.45, 2.75) is 4.90 Å². The van der Waals surface area contributed by atoms with Gasteiger partial charge in [0.2, 0.25) is 0 Å². The van der Waals surface area contributed by atoms with Crippen LogP contribution in [0.1, 0.15) is 2.85 Å². The van der Waals surface area contributed by atoms with Crippen molar-refractivity contribution in [3.8, 4) is 0 Å². The fraction of sp³-hybridized carbons (Fsp3) is 0. The van der Waals surface area contributed by atoms with Gasteiger partial charge in [-0.05, 0) is 12.1 Å². The van der Waals surface area contributed by atoms with E-state index in [1.165, 1.54) is 24.3 Å². The van der Waals surface area contributed by atoms with Crippen molar-refractivity contribution < 1.29 is 26.3 Å². The molecule has 0 unspecified atom stereocenters. The molecule has 1 rings (SSSR count). The molecule has 72 valence electrons. The minimum Gasteiger partial charge on any atom is -1.00 e. The fourth-order valence-corrected chi connectivity index (χ4v) is 1.21. The Kier molecular flexibility index (Phi) is 8.15. The Morgan fingerprint density at radius 1 is 1.23 bits per heavy atom. The summed E-state index contributed by atoms with van der Waals surface area (Å²) >= 11 is 0. The molecule has 0 saturated carbocycles. The first-order chi connectivity index (χ1) is 5.17. The average Bonchev–Trinajstić information content (AvgIpc) is 2.06. The van der Waals surface area contributed by atoms with Gasteiger partial charge in [0.05, 0.1) is 4.90 Å². The van der Waals surface area contributed by atoms with Crippen LogP contribution in [0.25, 0.3) is 0 Å². The second-order valence-electron chi connectivity index (χ2n) is 1.84. The summed E-state index contributed by atoms with van der Waals surface area (Å²) in [5, 5.41) is 7.96. The maximum Gasteiger partial charge on any atom is 2.00 e. The van der Waals surface area contributed by atoms with Gasteiger partial charge in [-0.1, -0.05) is 18.2 Å². The molecule has 0 amide bonds. The molecule has 3 N–H and O–H groups in total. The zero-order valence-electron chi connectivity index (χ0n) is 8.67. The molecule has 0 aromatic heterocycles. The summed E-state index contributed by atoms with van der Waals surface area (Å²) in [6.45, 7) is 0. The Bertz CT molecular complexity index is 331. The van der Waals surface area contributed by atoms with Crippen LogP contribution < -0.4 is 0 Å². The third-order valence-corrected chi connectivity index (χ3v) is 2.18. The Balaban J connectivity index is -0.000000151. The predicted octanol–water partition coefficient (Wildman–Crippen LogP) is -0.116. The molecule has 0 radical (unpaired) electrons. The van der Waals surface area contributed by atoms with E-state index in [-0.39, 0.29) is 51.0 Å². The molecule has 5 nitrogen and oxygen atoms in total. The van der Waals surface area contributed by atoms with Gasteiger partial charge in [0.25, 0.3) is 0 Å². The van der Waals surface area contributed by atoms with E-state index in [0.29, 0.717) is 0 Å².